The Kier molecular flexibility index (Phi) is 8.92. The van der Waals surface area contributed by atoms with Gasteiger partial charge in [-0.25, -0.2) is 0 Å². The third-order valence-corrected chi connectivity index (χ3v) is 7.28. The lowest BCUT2D eigenvalue weighted by Crippen LogP contribution is -2.58. The number of aromatic nitrogens is 2. The highest BCUT2D eigenvalue weighted by Crippen LogP contribution is 2.28. The summed E-state index contributed by atoms with van der Waals surface area (Å²) in [6, 6.07) is 1.43. The largest absolute Gasteiger partial charge is 0.344 e. The maximum absolute atomic E-state index is 13.5. The first kappa shape index (κ1) is 25.2. The highest BCUT2D eigenvalue weighted by atomic mass is 16.2. The molecule has 2 heterocycles. The Hall–Kier alpha value is -2.38. The van der Waals surface area contributed by atoms with Crippen molar-refractivity contribution in [3.63, 3.8) is 0 Å². The zero-order valence-electron chi connectivity index (χ0n) is 20.8. The van der Waals surface area contributed by atoms with Crippen molar-refractivity contribution in [3.8, 4) is 0 Å². The van der Waals surface area contributed by atoms with Gasteiger partial charge in [-0.1, -0.05) is 46.5 Å². The average molecular weight is 460 g/mol. The smallest absolute Gasteiger partial charge is 0.272 e. The lowest BCUT2D eigenvalue weighted by Gasteiger charge is -2.39. The van der Waals surface area contributed by atoms with Gasteiger partial charge < -0.3 is 15.1 Å². The van der Waals surface area contributed by atoms with Gasteiger partial charge in [0.25, 0.3) is 5.91 Å². The first-order valence-corrected chi connectivity index (χ1v) is 12.8. The van der Waals surface area contributed by atoms with Crippen molar-refractivity contribution in [1.29, 1.82) is 0 Å². The zero-order chi connectivity index (χ0) is 24.0. The summed E-state index contributed by atoms with van der Waals surface area (Å²) >= 11 is 0. The Morgan fingerprint density at radius 3 is 2.30 bits per heavy atom. The lowest BCUT2D eigenvalue weighted by atomic mass is 9.83. The van der Waals surface area contributed by atoms with Crippen molar-refractivity contribution in [1.82, 2.24) is 24.9 Å². The lowest BCUT2D eigenvalue weighted by molar-refractivity contribution is -0.140. The van der Waals surface area contributed by atoms with Gasteiger partial charge >= 0.3 is 0 Å². The molecule has 2 fully saturated rings. The second kappa shape index (κ2) is 11.7. The first-order chi connectivity index (χ1) is 15.8. The molecule has 1 aliphatic carbocycles. The molecule has 1 saturated heterocycles. The second-order valence-corrected chi connectivity index (χ2v) is 9.71. The molecule has 0 spiro atoms. The number of amides is 3. The number of nitrogens with one attached hydrogen (secondary N) is 1. The Bertz CT molecular complexity index is 822. The molecule has 1 aromatic rings. The molecule has 184 valence electrons. The van der Waals surface area contributed by atoms with Crippen molar-refractivity contribution < 1.29 is 14.4 Å². The minimum atomic E-state index is -0.456. The van der Waals surface area contributed by atoms with E-state index < -0.39 is 6.04 Å². The van der Waals surface area contributed by atoms with Gasteiger partial charge in [0.2, 0.25) is 11.8 Å². The fourth-order valence-corrected chi connectivity index (χ4v) is 4.92. The molecule has 8 heteroatoms. The van der Waals surface area contributed by atoms with E-state index in [4.69, 9.17) is 0 Å². The van der Waals surface area contributed by atoms with E-state index in [1.165, 1.54) is 6.42 Å². The van der Waals surface area contributed by atoms with E-state index in [0.29, 0.717) is 31.9 Å². The number of hydrogen-bond donors (Lipinski definition) is 1. The predicted molar refractivity (Wildman–Crippen MR) is 128 cm³/mol. The first-order valence-electron chi connectivity index (χ1n) is 12.8. The molecule has 3 amide bonds. The quantitative estimate of drug-likeness (QED) is 0.648. The number of nitrogens with zero attached hydrogens (tertiary/aromatic N) is 4. The number of aryl methyl sites for hydroxylation is 2. The van der Waals surface area contributed by atoms with E-state index in [9.17, 15) is 14.4 Å². The van der Waals surface area contributed by atoms with Crippen LogP contribution in [0.15, 0.2) is 6.07 Å². The van der Waals surface area contributed by atoms with E-state index in [1.54, 1.807) is 11.7 Å². The van der Waals surface area contributed by atoms with Gasteiger partial charge in [-0.3, -0.25) is 19.1 Å². The fourth-order valence-electron chi connectivity index (χ4n) is 4.92. The minimum Gasteiger partial charge on any atom is -0.344 e. The standard InChI is InChI=1S/C25H41N5O3/c1-5-10-20-17-21(28(4)27-20)24(32)29-13-15-30(16-14-29)25(33)22(19-11-8-7-9-12-19)26-23(31)18(3)6-2/h17-19,22H,5-16H2,1-4H3,(H,26,31)/t18-,22+/m1/s1. The Labute approximate surface area is 198 Å². The molecule has 0 aromatic carbocycles. The van der Waals surface area contributed by atoms with Crippen LogP contribution in [0.5, 0.6) is 0 Å². The summed E-state index contributed by atoms with van der Waals surface area (Å²) in [6.45, 7) is 7.97. The Morgan fingerprint density at radius 1 is 1.06 bits per heavy atom. The fraction of sp³-hybridized carbons (Fsp3) is 0.760. The maximum Gasteiger partial charge on any atom is 0.272 e. The molecule has 2 aliphatic rings. The van der Waals surface area contributed by atoms with Crippen LogP contribution in [0, 0.1) is 11.8 Å². The SMILES string of the molecule is CCCc1cc(C(=O)N2CCN(C(=O)[C@@H](NC(=O)[C@H](C)CC)C3CCCCC3)CC2)n(C)n1. The van der Waals surface area contributed by atoms with Gasteiger partial charge in [-0.15, -0.1) is 0 Å². The molecule has 1 saturated carbocycles. The van der Waals surface area contributed by atoms with Gasteiger partial charge in [-0.2, -0.15) is 5.10 Å². The van der Waals surface area contributed by atoms with Gasteiger partial charge in [-0.05, 0) is 37.7 Å². The monoisotopic (exact) mass is 459 g/mol. The van der Waals surface area contributed by atoms with E-state index in [2.05, 4.69) is 17.3 Å². The van der Waals surface area contributed by atoms with Crippen LogP contribution in [0.4, 0.5) is 0 Å². The number of rotatable bonds is 8. The zero-order valence-corrected chi connectivity index (χ0v) is 20.8. The Balaban J connectivity index is 1.63. The summed E-state index contributed by atoms with van der Waals surface area (Å²) in [4.78, 5) is 42.9. The van der Waals surface area contributed by atoms with Crippen molar-refractivity contribution in [2.24, 2.45) is 18.9 Å². The summed E-state index contributed by atoms with van der Waals surface area (Å²) in [5, 5.41) is 7.54. The van der Waals surface area contributed by atoms with Crippen molar-refractivity contribution in [2.75, 3.05) is 26.2 Å². The summed E-state index contributed by atoms with van der Waals surface area (Å²) < 4.78 is 1.66. The molecule has 0 bridgehead atoms. The summed E-state index contributed by atoms with van der Waals surface area (Å²) in [5.74, 6) is 0.0410. The van der Waals surface area contributed by atoms with E-state index in [-0.39, 0.29) is 29.6 Å². The molecule has 1 aliphatic heterocycles. The van der Waals surface area contributed by atoms with Crippen molar-refractivity contribution >= 4 is 17.7 Å². The van der Waals surface area contributed by atoms with E-state index in [1.807, 2.05) is 29.7 Å². The summed E-state index contributed by atoms with van der Waals surface area (Å²) in [7, 11) is 1.81. The van der Waals surface area contributed by atoms with Crippen LogP contribution in [0.25, 0.3) is 0 Å². The van der Waals surface area contributed by atoms with Gasteiger partial charge in [0.15, 0.2) is 0 Å². The van der Waals surface area contributed by atoms with Crippen LogP contribution < -0.4 is 5.32 Å². The van der Waals surface area contributed by atoms with Gasteiger partial charge in [0.1, 0.15) is 11.7 Å². The van der Waals surface area contributed by atoms with Gasteiger partial charge in [0, 0.05) is 39.1 Å². The maximum atomic E-state index is 13.5. The topological polar surface area (TPSA) is 87.5 Å². The molecular formula is C25H41N5O3. The van der Waals surface area contributed by atoms with Crippen LogP contribution in [0.1, 0.15) is 81.9 Å². The highest BCUT2D eigenvalue weighted by molar-refractivity contribution is 5.93. The molecular weight excluding hydrogens is 418 g/mol. The van der Waals surface area contributed by atoms with Crippen LogP contribution in [0.2, 0.25) is 0 Å². The molecule has 3 rings (SSSR count). The minimum absolute atomic E-state index is 0.0106. The predicted octanol–water partition coefficient (Wildman–Crippen LogP) is 2.77. The number of hydrogen-bond acceptors (Lipinski definition) is 4. The highest BCUT2D eigenvalue weighted by Gasteiger charge is 2.36. The number of carbonyl (C=O) groups is 3. The summed E-state index contributed by atoms with van der Waals surface area (Å²) in [5.41, 5.74) is 1.53. The average Bonchev–Trinajstić information content (AvgIpc) is 3.21. The Morgan fingerprint density at radius 2 is 1.70 bits per heavy atom. The van der Waals surface area contributed by atoms with Crippen molar-refractivity contribution in [2.45, 2.75) is 78.2 Å². The van der Waals surface area contributed by atoms with Crippen LogP contribution >= 0.6 is 0 Å². The third-order valence-electron chi connectivity index (χ3n) is 7.28. The van der Waals surface area contributed by atoms with Crippen LogP contribution in [-0.4, -0.2) is 69.5 Å². The molecule has 33 heavy (non-hydrogen) atoms. The van der Waals surface area contributed by atoms with Crippen LogP contribution in [-0.2, 0) is 23.1 Å². The van der Waals surface area contributed by atoms with E-state index in [0.717, 1.165) is 50.6 Å². The molecule has 1 aromatic heterocycles. The second-order valence-electron chi connectivity index (χ2n) is 9.71. The summed E-state index contributed by atoms with van der Waals surface area (Å²) in [6.07, 6.45) is 7.99. The van der Waals surface area contributed by atoms with E-state index >= 15 is 0 Å². The number of carbonyl (C=O) groups excluding carboxylic acids is 3. The third kappa shape index (κ3) is 6.15. The van der Waals surface area contributed by atoms with Crippen LogP contribution in [0.3, 0.4) is 0 Å². The molecule has 1 N–H and O–H groups in total. The normalized spacial score (nSPS) is 19.3. The molecule has 2 atom stereocenters. The molecule has 8 nitrogen and oxygen atoms in total. The van der Waals surface area contributed by atoms with Crippen molar-refractivity contribution in [3.05, 3.63) is 17.5 Å². The molecule has 0 radical (unpaired) electrons. The molecule has 0 unspecified atom stereocenters. The van der Waals surface area contributed by atoms with Gasteiger partial charge in [0.05, 0.1) is 5.69 Å². The number of piperazine rings is 1.